The van der Waals surface area contributed by atoms with Crippen LogP contribution in [0.3, 0.4) is 0 Å². The Morgan fingerprint density at radius 1 is 0.446 bits per heavy atom. The van der Waals surface area contributed by atoms with Crippen LogP contribution in [0.2, 0.25) is 12.1 Å². The fraction of sp³-hybridized carbons (Fsp3) is 0.480. The van der Waals surface area contributed by atoms with Crippen LogP contribution in [0.5, 0.6) is 0 Å². The summed E-state index contributed by atoms with van der Waals surface area (Å²) in [6.45, 7) is 16.3. The first-order valence-electron chi connectivity index (χ1n) is 23.5. The number of hydrogen-bond donors (Lipinski definition) is 2. The van der Waals surface area contributed by atoms with Crippen molar-refractivity contribution in [3.63, 3.8) is 0 Å². The SMILES string of the molecule is CCO[Si](CCCNC(=O)OCCCc1ccc(N(c2ccc(CCCOC(=O)NCCC[Si](OCC)(OCC)OCC)cc2)c2ccc(-c3ccccc3)cc2)cc1)(OCC)OCC. The van der Waals surface area contributed by atoms with Crippen LogP contribution in [0.25, 0.3) is 11.1 Å². The van der Waals surface area contributed by atoms with Gasteiger partial charge in [-0.25, -0.2) is 9.59 Å². The third-order valence-corrected chi connectivity index (χ3v) is 16.7. The van der Waals surface area contributed by atoms with E-state index in [1.807, 2.05) is 47.6 Å². The van der Waals surface area contributed by atoms with Gasteiger partial charge in [0.1, 0.15) is 0 Å². The third kappa shape index (κ3) is 18.3. The second-order valence-corrected chi connectivity index (χ2v) is 20.5. The number of carbonyl (C=O) groups excluding carboxylic acids is 2. The van der Waals surface area contributed by atoms with Crippen LogP contribution in [0.4, 0.5) is 26.7 Å². The van der Waals surface area contributed by atoms with Crippen molar-refractivity contribution < 1.29 is 45.6 Å². The van der Waals surface area contributed by atoms with E-state index in [-0.39, 0.29) is 0 Å². The molecule has 4 rings (SSSR count). The van der Waals surface area contributed by atoms with Gasteiger partial charge >= 0.3 is 29.8 Å². The summed E-state index contributed by atoms with van der Waals surface area (Å²) in [4.78, 5) is 27.1. The first kappa shape index (κ1) is 53.0. The summed E-state index contributed by atoms with van der Waals surface area (Å²) in [6.07, 6.45) is 3.43. The Hall–Kier alpha value is -4.59. The lowest BCUT2D eigenvalue weighted by Gasteiger charge is -2.28. The van der Waals surface area contributed by atoms with E-state index in [0.29, 0.717) is 104 Å². The highest BCUT2D eigenvalue weighted by Gasteiger charge is 2.40. The smallest absolute Gasteiger partial charge is 0.450 e. The molecule has 2 N–H and O–H groups in total. The van der Waals surface area contributed by atoms with Crippen LogP contribution in [0, 0.1) is 0 Å². The maximum atomic E-state index is 12.4. The fourth-order valence-electron chi connectivity index (χ4n) is 7.48. The van der Waals surface area contributed by atoms with Crippen molar-refractivity contribution in [2.45, 2.75) is 92.2 Å². The molecule has 0 aromatic heterocycles. The van der Waals surface area contributed by atoms with Gasteiger partial charge in [0.2, 0.25) is 0 Å². The van der Waals surface area contributed by atoms with Crippen LogP contribution in [-0.2, 0) is 48.9 Å². The Balaban J connectivity index is 1.29. The number of alkyl carbamates (subject to hydrolysis) is 2. The number of amides is 2. The average molecular weight is 932 g/mol. The highest BCUT2D eigenvalue weighted by atomic mass is 28.4. The monoisotopic (exact) mass is 931 g/mol. The van der Waals surface area contributed by atoms with Crippen LogP contribution in [0.15, 0.2) is 103 Å². The van der Waals surface area contributed by atoms with Gasteiger partial charge in [0.05, 0.1) is 13.2 Å². The fourth-order valence-corrected chi connectivity index (χ4v) is 12.7. The summed E-state index contributed by atoms with van der Waals surface area (Å²) < 4.78 is 46.4. The van der Waals surface area contributed by atoms with Gasteiger partial charge in [0, 0.05) is 81.9 Å². The number of nitrogens with one attached hydrogen (secondary N) is 2. The van der Waals surface area contributed by atoms with Gasteiger partial charge in [-0.3, -0.25) is 0 Å². The predicted molar refractivity (Wildman–Crippen MR) is 262 cm³/mol. The Morgan fingerprint density at radius 3 is 1.14 bits per heavy atom. The van der Waals surface area contributed by atoms with Gasteiger partial charge < -0.3 is 51.6 Å². The Kier molecular flexibility index (Phi) is 24.4. The lowest BCUT2D eigenvalue weighted by Crippen LogP contribution is -2.46. The molecule has 0 spiro atoms. The Bertz CT molecular complexity index is 1780. The lowest BCUT2D eigenvalue weighted by molar-refractivity contribution is 0.0699. The van der Waals surface area contributed by atoms with Crippen molar-refractivity contribution in [3.8, 4) is 11.1 Å². The van der Waals surface area contributed by atoms with Gasteiger partial charge in [-0.2, -0.15) is 0 Å². The largest absolute Gasteiger partial charge is 0.500 e. The molecule has 356 valence electrons. The highest BCUT2D eigenvalue weighted by Crippen LogP contribution is 2.36. The Morgan fingerprint density at radius 2 is 0.785 bits per heavy atom. The van der Waals surface area contributed by atoms with E-state index in [0.717, 1.165) is 52.2 Å². The summed E-state index contributed by atoms with van der Waals surface area (Å²) in [6, 6.07) is 37.3. The summed E-state index contributed by atoms with van der Waals surface area (Å²) in [5.41, 5.74) is 7.70. The first-order chi connectivity index (χ1) is 31.7. The molecule has 0 aliphatic heterocycles. The van der Waals surface area contributed by atoms with Crippen molar-refractivity contribution in [2.24, 2.45) is 0 Å². The quantitative estimate of drug-likeness (QED) is 0.0358. The molecule has 0 fully saturated rings. The zero-order valence-corrected chi connectivity index (χ0v) is 41.6. The van der Waals surface area contributed by atoms with Crippen LogP contribution >= 0.6 is 0 Å². The number of benzene rings is 4. The molecule has 0 unspecified atom stereocenters. The lowest BCUT2D eigenvalue weighted by atomic mass is 10.0. The van der Waals surface area contributed by atoms with Gasteiger partial charge in [-0.1, -0.05) is 66.7 Å². The van der Waals surface area contributed by atoms with E-state index < -0.39 is 29.8 Å². The number of rotatable bonds is 32. The Labute approximate surface area is 390 Å². The molecule has 0 saturated heterocycles. The zero-order valence-electron chi connectivity index (χ0n) is 39.6. The number of aryl methyl sites for hydroxylation is 2. The summed E-state index contributed by atoms with van der Waals surface area (Å²) in [7, 11) is -5.48. The van der Waals surface area contributed by atoms with E-state index in [2.05, 4.69) is 113 Å². The number of anilines is 3. The molecule has 0 heterocycles. The maximum absolute atomic E-state index is 12.4. The minimum Gasteiger partial charge on any atom is -0.450 e. The number of carbonyl (C=O) groups is 2. The normalized spacial score (nSPS) is 11.6. The van der Waals surface area contributed by atoms with Gasteiger partial charge in [0.15, 0.2) is 0 Å². The molecule has 0 saturated carbocycles. The van der Waals surface area contributed by atoms with Gasteiger partial charge in [0.25, 0.3) is 0 Å². The molecule has 0 aliphatic carbocycles. The van der Waals surface area contributed by atoms with E-state index in [9.17, 15) is 9.59 Å². The van der Waals surface area contributed by atoms with E-state index in [1.54, 1.807) is 0 Å². The van der Waals surface area contributed by atoms with Crippen LogP contribution in [0.1, 0.15) is 78.4 Å². The van der Waals surface area contributed by atoms with Gasteiger partial charge in [-0.15, -0.1) is 0 Å². The third-order valence-electron chi connectivity index (χ3n) is 10.4. The molecule has 0 radical (unpaired) electrons. The predicted octanol–water partition coefficient (Wildman–Crippen LogP) is 11.0. The second kappa shape index (κ2) is 29.8. The minimum absolute atomic E-state index is 0.316. The number of nitrogens with zero attached hydrogens (tertiary/aromatic N) is 1. The first-order valence-corrected chi connectivity index (χ1v) is 27.4. The zero-order chi connectivity index (χ0) is 46.6. The number of hydrogen-bond acceptors (Lipinski definition) is 11. The van der Waals surface area contributed by atoms with E-state index in [1.165, 1.54) is 0 Å². The van der Waals surface area contributed by atoms with E-state index in [4.69, 9.17) is 36.0 Å². The molecule has 0 aliphatic rings. The molecule has 65 heavy (non-hydrogen) atoms. The summed E-state index contributed by atoms with van der Waals surface area (Å²) in [5.74, 6) is 0. The van der Waals surface area contributed by atoms with Crippen molar-refractivity contribution in [2.75, 3.05) is 70.8 Å². The molecule has 0 bridgehead atoms. The van der Waals surface area contributed by atoms with Crippen molar-refractivity contribution in [3.05, 3.63) is 114 Å². The van der Waals surface area contributed by atoms with Crippen molar-refractivity contribution >= 4 is 46.9 Å². The maximum Gasteiger partial charge on any atom is 0.500 e. The molecule has 4 aromatic carbocycles. The molecule has 2 amide bonds. The van der Waals surface area contributed by atoms with Crippen molar-refractivity contribution in [1.82, 2.24) is 10.6 Å². The molecule has 15 heteroatoms. The summed E-state index contributed by atoms with van der Waals surface area (Å²) in [5, 5.41) is 5.69. The van der Waals surface area contributed by atoms with Crippen LogP contribution in [-0.4, -0.2) is 95.7 Å². The molecule has 4 aromatic rings. The minimum atomic E-state index is -2.74. The highest BCUT2D eigenvalue weighted by molar-refractivity contribution is 6.61. The number of ether oxygens (including phenoxy) is 2. The molecular formula is C50H73N3O10Si2. The van der Waals surface area contributed by atoms with E-state index >= 15 is 0 Å². The second-order valence-electron chi connectivity index (χ2n) is 15.1. The van der Waals surface area contributed by atoms with Gasteiger partial charge in [-0.05, 0) is 139 Å². The molecule has 0 atom stereocenters. The average Bonchev–Trinajstić information content (AvgIpc) is 3.31. The summed E-state index contributed by atoms with van der Waals surface area (Å²) >= 11 is 0. The van der Waals surface area contributed by atoms with Crippen molar-refractivity contribution in [1.29, 1.82) is 0 Å². The standard InChI is InChI=1S/C50H73N3O10Si2/c1-7-58-64(59-8-2,60-9-3)40-18-36-51-49(54)56-38-16-20-42-24-30-46(31-25-42)53(48-34-28-45(29-35-48)44-22-14-13-15-23-44)47-32-26-43(27-33-47)21-17-39-57-50(55)52-37-19-41-65(61-10-4,62-11-5)63-12-6/h13-15,22-35H,7-12,16-21,36-41H2,1-6H3,(H,51,54)(H,52,55). The van der Waals surface area contributed by atoms with Crippen LogP contribution < -0.4 is 15.5 Å². The molecule has 13 nitrogen and oxygen atoms in total. The molecular weight excluding hydrogens is 859 g/mol. The topological polar surface area (TPSA) is 135 Å².